The van der Waals surface area contributed by atoms with Gasteiger partial charge in [0.05, 0.1) is 11.6 Å². The van der Waals surface area contributed by atoms with E-state index in [2.05, 4.69) is 5.32 Å². The number of nitrogens with two attached hydrogens (primary N) is 1. The number of rotatable bonds is 6. The summed E-state index contributed by atoms with van der Waals surface area (Å²) < 4.78 is 37.8. The lowest BCUT2D eigenvalue weighted by molar-refractivity contribution is -0.137. The fourth-order valence-corrected chi connectivity index (χ4v) is 2.43. The second kappa shape index (κ2) is 9.59. The first kappa shape index (κ1) is 22.0. The molecule has 0 aliphatic rings. The first-order valence-corrected chi connectivity index (χ1v) is 8.11. The Morgan fingerprint density at radius 2 is 1.54 bits per heavy atom. The zero-order valence-electron chi connectivity index (χ0n) is 14.3. The maximum absolute atomic E-state index is 12.6. The molecule has 26 heavy (non-hydrogen) atoms. The molecule has 7 heteroatoms. The van der Waals surface area contributed by atoms with Gasteiger partial charge in [0.15, 0.2) is 0 Å². The average molecular weight is 387 g/mol. The van der Waals surface area contributed by atoms with Crippen LogP contribution in [-0.4, -0.2) is 11.9 Å². The number of carbonyl (C=O) groups is 1. The van der Waals surface area contributed by atoms with Crippen LogP contribution in [-0.2, 0) is 17.5 Å². The average Bonchev–Trinajstić information content (AvgIpc) is 2.59. The molecule has 0 saturated carbocycles. The minimum atomic E-state index is -4.33. The van der Waals surface area contributed by atoms with E-state index >= 15 is 0 Å². The predicted octanol–water partition coefficient (Wildman–Crippen LogP) is 4.54. The highest BCUT2D eigenvalue weighted by Crippen LogP contribution is 2.31. The van der Waals surface area contributed by atoms with E-state index in [1.54, 1.807) is 0 Å². The number of benzene rings is 2. The summed E-state index contributed by atoms with van der Waals surface area (Å²) in [6.45, 7) is 2.33. The molecule has 142 valence electrons. The van der Waals surface area contributed by atoms with Crippen molar-refractivity contribution < 1.29 is 18.0 Å². The SMILES string of the molecule is CCCC(N)C(=O)NCc1ccc(-c2ccc(C(F)(F)F)cc2)cc1.Cl. The Hall–Kier alpha value is -2.05. The lowest BCUT2D eigenvalue weighted by Crippen LogP contribution is -2.40. The summed E-state index contributed by atoms with van der Waals surface area (Å²) in [6, 6.07) is 11.8. The highest BCUT2D eigenvalue weighted by molar-refractivity contribution is 5.85. The third kappa shape index (κ3) is 6.04. The van der Waals surface area contributed by atoms with E-state index in [1.165, 1.54) is 12.1 Å². The number of hydrogen-bond donors (Lipinski definition) is 2. The van der Waals surface area contributed by atoms with Gasteiger partial charge in [-0.2, -0.15) is 13.2 Å². The highest BCUT2D eigenvalue weighted by Gasteiger charge is 2.29. The minimum absolute atomic E-state index is 0. The third-order valence-corrected chi connectivity index (χ3v) is 3.90. The van der Waals surface area contributed by atoms with Crippen LogP contribution < -0.4 is 11.1 Å². The molecule has 0 saturated heterocycles. The molecule has 0 aliphatic heterocycles. The Morgan fingerprint density at radius 1 is 1.04 bits per heavy atom. The molecule has 0 radical (unpaired) electrons. The van der Waals surface area contributed by atoms with Gasteiger partial charge >= 0.3 is 6.18 Å². The molecule has 1 atom stereocenters. The number of carbonyl (C=O) groups excluding carboxylic acids is 1. The number of hydrogen-bond acceptors (Lipinski definition) is 2. The van der Waals surface area contributed by atoms with Gasteiger partial charge < -0.3 is 11.1 Å². The van der Waals surface area contributed by atoms with Gasteiger partial charge in [-0.05, 0) is 35.2 Å². The van der Waals surface area contributed by atoms with Gasteiger partial charge in [0.25, 0.3) is 0 Å². The van der Waals surface area contributed by atoms with E-state index in [0.29, 0.717) is 18.5 Å². The van der Waals surface area contributed by atoms with Crippen LogP contribution in [0.3, 0.4) is 0 Å². The Bertz CT molecular complexity index is 700. The zero-order valence-corrected chi connectivity index (χ0v) is 15.2. The van der Waals surface area contributed by atoms with E-state index in [-0.39, 0.29) is 18.3 Å². The van der Waals surface area contributed by atoms with E-state index < -0.39 is 17.8 Å². The van der Waals surface area contributed by atoms with Crippen molar-refractivity contribution in [3.63, 3.8) is 0 Å². The van der Waals surface area contributed by atoms with Crippen LogP contribution >= 0.6 is 12.4 Å². The van der Waals surface area contributed by atoms with Crippen LogP contribution in [0, 0.1) is 0 Å². The van der Waals surface area contributed by atoms with Crippen LogP contribution in [0.5, 0.6) is 0 Å². The first-order valence-electron chi connectivity index (χ1n) is 8.11. The minimum Gasteiger partial charge on any atom is -0.351 e. The Labute approximate surface area is 157 Å². The summed E-state index contributed by atoms with van der Waals surface area (Å²) in [4.78, 5) is 11.8. The van der Waals surface area contributed by atoms with Crippen LogP contribution in [0.1, 0.15) is 30.9 Å². The summed E-state index contributed by atoms with van der Waals surface area (Å²) in [6.07, 6.45) is -2.85. The van der Waals surface area contributed by atoms with Gasteiger partial charge in [0.2, 0.25) is 5.91 Å². The molecule has 0 fully saturated rings. The van der Waals surface area contributed by atoms with E-state index in [9.17, 15) is 18.0 Å². The molecular weight excluding hydrogens is 365 g/mol. The Balaban J connectivity index is 0.00000338. The maximum Gasteiger partial charge on any atom is 0.416 e. The molecule has 0 aromatic heterocycles. The van der Waals surface area contributed by atoms with E-state index in [0.717, 1.165) is 29.7 Å². The van der Waals surface area contributed by atoms with E-state index in [4.69, 9.17) is 5.73 Å². The Kier molecular flexibility index (Phi) is 8.11. The first-order chi connectivity index (χ1) is 11.8. The van der Waals surface area contributed by atoms with Gasteiger partial charge in [-0.1, -0.05) is 49.7 Å². The molecule has 2 rings (SSSR count). The number of nitrogens with one attached hydrogen (secondary N) is 1. The summed E-state index contributed by atoms with van der Waals surface area (Å²) in [5.74, 6) is -0.186. The molecule has 0 spiro atoms. The quantitative estimate of drug-likeness (QED) is 0.765. The fourth-order valence-electron chi connectivity index (χ4n) is 2.43. The number of amides is 1. The molecule has 1 unspecified atom stereocenters. The van der Waals surface area contributed by atoms with Crippen LogP contribution in [0.25, 0.3) is 11.1 Å². The monoisotopic (exact) mass is 386 g/mol. The second-order valence-corrected chi connectivity index (χ2v) is 5.89. The zero-order chi connectivity index (χ0) is 18.4. The molecule has 2 aromatic carbocycles. The van der Waals surface area contributed by atoms with Gasteiger partial charge in [0.1, 0.15) is 0 Å². The van der Waals surface area contributed by atoms with Crippen molar-refractivity contribution >= 4 is 18.3 Å². The molecule has 0 bridgehead atoms. The van der Waals surface area contributed by atoms with Crippen molar-refractivity contribution in [3.05, 3.63) is 59.7 Å². The van der Waals surface area contributed by atoms with Gasteiger partial charge in [-0.25, -0.2) is 0 Å². The largest absolute Gasteiger partial charge is 0.416 e. The van der Waals surface area contributed by atoms with Crippen molar-refractivity contribution in [2.75, 3.05) is 0 Å². The van der Waals surface area contributed by atoms with Crippen molar-refractivity contribution in [2.24, 2.45) is 5.73 Å². The lowest BCUT2D eigenvalue weighted by Gasteiger charge is -2.12. The normalized spacial score (nSPS) is 12.2. The molecule has 2 aromatic rings. The molecule has 1 amide bonds. The smallest absolute Gasteiger partial charge is 0.351 e. The van der Waals surface area contributed by atoms with Crippen molar-refractivity contribution in [2.45, 2.75) is 38.5 Å². The topological polar surface area (TPSA) is 55.1 Å². The summed E-state index contributed by atoms with van der Waals surface area (Å²) in [5, 5.41) is 2.78. The summed E-state index contributed by atoms with van der Waals surface area (Å²) >= 11 is 0. The molecule has 0 heterocycles. The number of alkyl halides is 3. The highest BCUT2D eigenvalue weighted by atomic mass is 35.5. The van der Waals surface area contributed by atoms with Crippen LogP contribution in [0.2, 0.25) is 0 Å². The summed E-state index contributed by atoms with van der Waals surface area (Å²) in [7, 11) is 0. The van der Waals surface area contributed by atoms with Crippen molar-refractivity contribution in [1.82, 2.24) is 5.32 Å². The van der Waals surface area contributed by atoms with Crippen LogP contribution in [0.4, 0.5) is 13.2 Å². The molecule has 3 nitrogen and oxygen atoms in total. The Morgan fingerprint density at radius 3 is 2.00 bits per heavy atom. The predicted molar refractivity (Wildman–Crippen MR) is 98.9 cm³/mol. The van der Waals surface area contributed by atoms with Gasteiger partial charge in [-0.3, -0.25) is 4.79 Å². The third-order valence-electron chi connectivity index (χ3n) is 3.90. The fraction of sp³-hybridized carbons (Fsp3) is 0.316. The molecular formula is C19H22ClF3N2O. The van der Waals surface area contributed by atoms with Crippen LogP contribution in [0.15, 0.2) is 48.5 Å². The summed E-state index contributed by atoms with van der Waals surface area (Å²) in [5.41, 5.74) is 7.48. The number of halogens is 4. The second-order valence-electron chi connectivity index (χ2n) is 5.89. The maximum atomic E-state index is 12.6. The van der Waals surface area contributed by atoms with Crippen molar-refractivity contribution in [3.8, 4) is 11.1 Å². The van der Waals surface area contributed by atoms with Gasteiger partial charge in [-0.15, -0.1) is 12.4 Å². The van der Waals surface area contributed by atoms with E-state index in [1.807, 2.05) is 31.2 Å². The van der Waals surface area contributed by atoms with Crippen molar-refractivity contribution in [1.29, 1.82) is 0 Å². The van der Waals surface area contributed by atoms with Gasteiger partial charge in [0, 0.05) is 6.54 Å². The molecule has 0 aliphatic carbocycles. The lowest BCUT2D eigenvalue weighted by atomic mass is 10.0. The molecule has 3 N–H and O–H groups in total. The standard InChI is InChI=1S/C19H21F3N2O.ClH/c1-2-3-17(23)18(25)24-12-13-4-6-14(7-5-13)15-8-10-16(11-9-15)19(20,21)22;/h4-11,17H,2-3,12,23H2,1H3,(H,24,25);1H.